The molecule has 3 aromatic rings. The van der Waals surface area contributed by atoms with Crippen LogP contribution >= 0.6 is 0 Å². The standard InChI is InChI=1S/C25H27N3O/c1-19-9-8-12-23-21(19)15-27(4)16-24-22(26-18-28(23)24)13-14-25(2,3)29-17-20-10-6-5-7-11-20/h5-12,18H,15-17H2,1-4H3. The zero-order valence-corrected chi connectivity index (χ0v) is 17.6. The lowest BCUT2D eigenvalue weighted by molar-refractivity contribution is 0.0144. The first-order valence-electron chi connectivity index (χ1n) is 9.98. The minimum Gasteiger partial charge on any atom is -0.358 e. The van der Waals surface area contributed by atoms with Crippen LogP contribution in [0.1, 0.15) is 41.9 Å². The van der Waals surface area contributed by atoms with Crippen LogP contribution in [0, 0.1) is 18.8 Å². The summed E-state index contributed by atoms with van der Waals surface area (Å²) in [6.07, 6.45) is 1.90. The van der Waals surface area contributed by atoms with Crippen LogP contribution in [-0.4, -0.2) is 27.1 Å². The van der Waals surface area contributed by atoms with Crippen LogP contribution in [0.25, 0.3) is 5.69 Å². The zero-order valence-electron chi connectivity index (χ0n) is 17.6. The smallest absolute Gasteiger partial charge is 0.136 e. The molecule has 4 rings (SSSR count). The highest BCUT2D eigenvalue weighted by Crippen LogP contribution is 2.27. The predicted molar refractivity (Wildman–Crippen MR) is 116 cm³/mol. The Morgan fingerprint density at radius 3 is 2.66 bits per heavy atom. The third kappa shape index (κ3) is 4.27. The first-order valence-corrected chi connectivity index (χ1v) is 9.98. The molecule has 0 N–H and O–H groups in total. The number of rotatable bonds is 3. The highest BCUT2D eigenvalue weighted by Gasteiger charge is 2.22. The van der Waals surface area contributed by atoms with Crippen LogP contribution in [0.15, 0.2) is 54.9 Å². The fourth-order valence-corrected chi connectivity index (χ4v) is 3.62. The summed E-state index contributed by atoms with van der Waals surface area (Å²) in [7, 11) is 2.14. The van der Waals surface area contributed by atoms with E-state index in [2.05, 4.69) is 70.6 Å². The number of imidazole rings is 1. The van der Waals surface area contributed by atoms with Gasteiger partial charge in [-0.2, -0.15) is 0 Å². The molecule has 0 bridgehead atoms. The van der Waals surface area contributed by atoms with Crippen molar-refractivity contribution < 1.29 is 4.74 Å². The monoisotopic (exact) mass is 385 g/mol. The Balaban J connectivity index is 1.61. The molecule has 0 fully saturated rings. The van der Waals surface area contributed by atoms with Gasteiger partial charge in [0.1, 0.15) is 17.6 Å². The third-order valence-corrected chi connectivity index (χ3v) is 5.28. The average Bonchev–Trinajstić information content (AvgIpc) is 3.03. The van der Waals surface area contributed by atoms with E-state index in [0.717, 1.165) is 30.0 Å². The van der Waals surface area contributed by atoms with Crippen molar-refractivity contribution in [1.29, 1.82) is 0 Å². The van der Waals surface area contributed by atoms with Gasteiger partial charge in [-0.05, 0) is 56.5 Å². The van der Waals surface area contributed by atoms with Gasteiger partial charge >= 0.3 is 0 Å². The minimum absolute atomic E-state index is 0.541. The normalized spacial score (nSPS) is 13.8. The van der Waals surface area contributed by atoms with Gasteiger partial charge in [0.2, 0.25) is 0 Å². The number of hydrogen-bond donors (Lipinski definition) is 0. The maximum absolute atomic E-state index is 6.06. The number of hydrogen-bond acceptors (Lipinski definition) is 3. The summed E-state index contributed by atoms with van der Waals surface area (Å²) in [6.45, 7) is 8.44. The molecule has 0 radical (unpaired) electrons. The molecule has 1 aliphatic heterocycles. The summed E-state index contributed by atoms with van der Waals surface area (Å²) < 4.78 is 8.25. The number of ether oxygens (including phenoxy) is 1. The number of benzene rings is 2. The van der Waals surface area contributed by atoms with Gasteiger partial charge in [0.05, 0.1) is 18.0 Å². The Bertz CT molecular complexity index is 1070. The van der Waals surface area contributed by atoms with Crippen molar-refractivity contribution >= 4 is 0 Å². The lowest BCUT2D eigenvalue weighted by Crippen LogP contribution is -2.22. The summed E-state index contributed by atoms with van der Waals surface area (Å²) in [5.74, 6) is 6.58. The van der Waals surface area contributed by atoms with Gasteiger partial charge in [-0.1, -0.05) is 48.4 Å². The highest BCUT2D eigenvalue weighted by molar-refractivity contribution is 5.50. The zero-order chi connectivity index (χ0) is 20.4. The molecule has 2 heterocycles. The van der Waals surface area contributed by atoms with Crippen molar-refractivity contribution in [2.75, 3.05) is 7.05 Å². The van der Waals surface area contributed by atoms with Crippen molar-refractivity contribution in [3.05, 3.63) is 82.9 Å². The van der Waals surface area contributed by atoms with Gasteiger partial charge in [0, 0.05) is 13.1 Å². The molecule has 0 atom stereocenters. The van der Waals surface area contributed by atoms with Gasteiger partial charge in [0.25, 0.3) is 0 Å². The van der Waals surface area contributed by atoms with E-state index >= 15 is 0 Å². The molecule has 2 aromatic carbocycles. The number of fused-ring (bicyclic) bond motifs is 3. The first kappa shape index (κ1) is 19.4. The van der Waals surface area contributed by atoms with Crippen LogP contribution in [0.5, 0.6) is 0 Å². The van der Waals surface area contributed by atoms with Crippen LogP contribution in [0.4, 0.5) is 0 Å². The topological polar surface area (TPSA) is 30.3 Å². The molecule has 0 saturated heterocycles. The average molecular weight is 386 g/mol. The maximum Gasteiger partial charge on any atom is 0.136 e. The van der Waals surface area contributed by atoms with Crippen molar-refractivity contribution in [2.45, 2.75) is 46.1 Å². The maximum atomic E-state index is 6.06. The van der Waals surface area contributed by atoms with Crippen LogP contribution in [0.3, 0.4) is 0 Å². The van der Waals surface area contributed by atoms with E-state index < -0.39 is 5.60 Å². The van der Waals surface area contributed by atoms with Crippen molar-refractivity contribution in [3.63, 3.8) is 0 Å². The molecule has 4 nitrogen and oxygen atoms in total. The van der Waals surface area contributed by atoms with E-state index in [-0.39, 0.29) is 0 Å². The molecule has 1 aliphatic rings. The number of nitrogens with zero attached hydrogens (tertiary/aromatic N) is 3. The molecule has 1 aromatic heterocycles. The SMILES string of the molecule is Cc1cccc2c1CN(C)Cc1c(C#CC(C)(C)OCc3ccccc3)ncn1-2. The summed E-state index contributed by atoms with van der Waals surface area (Å²) in [4.78, 5) is 6.95. The van der Waals surface area contributed by atoms with E-state index in [9.17, 15) is 0 Å². The largest absolute Gasteiger partial charge is 0.358 e. The van der Waals surface area contributed by atoms with Gasteiger partial charge < -0.3 is 9.30 Å². The van der Waals surface area contributed by atoms with Gasteiger partial charge in [-0.15, -0.1) is 0 Å². The quantitative estimate of drug-likeness (QED) is 0.623. The Kier molecular flexibility index (Phi) is 5.27. The van der Waals surface area contributed by atoms with E-state index in [0.29, 0.717) is 6.61 Å². The second-order valence-corrected chi connectivity index (χ2v) is 8.19. The fraction of sp³-hybridized carbons (Fsp3) is 0.320. The lowest BCUT2D eigenvalue weighted by atomic mass is 10.1. The Morgan fingerprint density at radius 1 is 1.07 bits per heavy atom. The minimum atomic E-state index is -0.558. The molecular weight excluding hydrogens is 358 g/mol. The van der Waals surface area contributed by atoms with Crippen LogP contribution in [-0.2, 0) is 24.4 Å². The Hall–Kier alpha value is -2.87. The number of aryl methyl sites for hydroxylation is 1. The molecule has 0 aliphatic carbocycles. The second kappa shape index (κ2) is 7.87. The molecule has 0 saturated carbocycles. The number of aromatic nitrogens is 2. The van der Waals surface area contributed by atoms with Crippen LogP contribution in [0.2, 0.25) is 0 Å². The molecule has 0 spiro atoms. The molecule has 0 unspecified atom stereocenters. The lowest BCUT2D eigenvalue weighted by Gasteiger charge is -2.18. The first-order chi connectivity index (χ1) is 13.9. The molecule has 148 valence electrons. The van der Waals surface area contributed by atoms with E-state index in [1.54, 1.807) is 0 Å². The van der Waals surface area contributed by atoms with Crippen molar-refractivity contribution in [1.82, 2.24) is 14.5 Å². The summed E-state index contributed by atoms with van der Waals surface area (Å²) in [5, 5.41) is 0. The van der Waals surface area contributed by atoms with Crippen molar-refractivity contribution in [3.8, 4) is 17.5 Å². The summed E-state index contributed by atoms with van der Waals surface area (Å²) in [6, 6.07) is 16.6. The molecule has 0 amide bonds. The molecular formula is C25H27N3O. The van der Waals surface area contributed by atoms with E-state index in [1.165, 1.54) is 16.8 Å². The fourth-order valence-electron chi connectivity index (χ4n) is 3.62. The van der Waals surface area contributed by atoms with Crippen LogP contribution < -0.4 is 0 Å². The Labute approximate surface area is 173 Å². The highest BCUT2D eigenvalue weighted by atomic mass is 16.5. The van der Waals surface area contributed by atoms with Gasteiger partial charge in [0.15, 0.2) is 0 Å². The van der Waals surface area contributed by atoms with E-state index in [1.807, 2.05) is 38.4 Å². The summed E-state index contributed by atoms with van der Waals surface area (Å²) in [5.41, 5.74) is 6.38. The van der Waals surface area contributed by atoms with Crippen molar-refractivity contribution in [2.24, 2.45) is 0 Å². The molecule has 4 heteroatoms. The Morgan fingerprint density at radius 2 is 1.86 bits per heavy atom. The summed E-state index contributed by atoms with van der Waals surface area (Å²) >= 11 is 0. The second-order valence-electron chi connectivity index (χ2n) is 8.19. The van der Waals surface area contributed by atoms with E-state index in [4.69, 9.17) is 4.74 Å². The third-order valence-electron chi connectivity index (χ3n) is 5.28. The molecule has 29 heavy (non-hydrogen) atoms. The van der Waals surface area contributed by atoms with Gasteiger partial charge in [-0.25, -0.2) is 4.98 Å². The predicted octanol–water partition coefficient (Wildman–Crippen LogP) is 4.47. The van der Waals surface area contributed by atoms with Gasteiger partial charge in [-0.3, -0.25) is 4.90 Å².